The molecule has 1 amide bonds. The number of anilines is 1. The molecular weight excluding hydrogens is 394 g/mol. The fraction of sp³-hybridized carbons (Fsp3) is 0.500. The summed E-state index contributed by atoms with van der Waals surface area (Å²) >= 11 is 0. The normalized spacial score (nSPS) is 22.3. The highest BCUT2D eigenvalue weighted by atomic mass is 16.5. The molecule has 0 spiro atoms. The largest absolute Gasteiger partial charge is 0.381 e. The van der Waals surface area contributed by atoms with Crippen molar-refractivity contribution in [3.63, 3.8) is 0 Å². The molecule has 0 atom stereocenters. The van der Waals surface area contributed by atoms with Gasteiger partial charge >= 0.3 is 0 Å². The molecule has 3 heterocycles. The van der Waals surface area contributed by atoms with Gasteiger partial charge in [-0.05, 0) is 50.7 Å². The minimum Gasteiger partial charge on any atom is -0.381 e. The van der Waals surface area contributed by atoms with E-state index in [2.05, 4.69) is 30.9 Å². The second kappa shape index (κ2) is 8.97. The van der Waals surface area contributed by atoms with Crippen LogP contribution in [0, 0.1) is 5.92 Å². The molecule has 9 nitrogen and oxygen atoms in total. The third-order valence-electron chi connectivity index (χ3n) is 6.21. The van der Waals surface area contributed by atoms with Gasteiger partial charge in [-0.3, -0.25) is 4.79 Å². The van der Waals surface area contributed by atoms with Crippen LogP contribution in [-0.2, 0) is 9.53 Å². The van der Waals surface area contributed by atoms with Crippen molar-refractivity contribution in [2.45, 2.75) is 50.6 Å². The van der Waals surface area contributed by atoms with Crippen molar-refractivity contribution in [3.8, 4) is 5.82 Å². The Morgan fingerprint density at radius 2 is 1.81 bits per heavy atom. The fourth-order valence-corrected chi connectivity index (χ4v) is 4.42. The minimum absolute atomic E-state index is 0.0923. The zero-order chi connectivity index (χ0) is 21.0. The van der Waals surface area contributed by atoms with E-state index in [1.54, 1.807) is 10.9 Å². The third-order valence-corrected chi connectivity index (χ3v) is 6.21. The molecule has 9 heteroatoms. The number of carbonyl (C=O) groups excluding carboxylic acids is 1. The summed E-state index contributed by atoms with van der Waals surface area (Å²) in [5.74, 6) is 1.54. The van der Waals surface area contributed by atoms with Gasteiger partial charge in [-0.1, -0.05) is 17.3 Å². The van der Waals surface area contributed by atoms with Crippen molar-refractivity contribution in [3.05, 3.63) is 36.5 Å². The lowest BCUT2D eigenvalue weighted by Crippen LogP contribution is -2.43. The van der Waals surface area contributed by atoms with Gasteiger partial charge in [-0.25, -0.2) is 4.98 Å². The van der Waals surface area contributed by atoms with E-state index in [1.807, 2.05) is 30.3 Å². The molecule has 2 aromatic heterocycles. The first-order valence-electron chi connectivity index (χ1n) is 11.0. The number of hydrogen-bond acceptors (Lipinski definition) is 7. The van der Waals surface area contributed by atoms with Gasteiger partial charge in [0, 0.05) is 43.5 Å². The summed E-state index contributed by atoms with van der Waals surface area (Å²) in [7, 11) is 0. The number of nitrogens with zero attached hydrogens (tertiary/aromatic N) is 5. The molecule has 162 valence electrons. The number of nitrogens with one attached hydrogen (secondary N) is 2. The van der Waals surface area contributed by atoms with Crippen LogP contribution in [0.1, 0.15) is 38.5 Å². The van der Waals surface area contributed by atoms with Crippen LogP contribution in [0.3, 0.4) is 0 Å². The predicted molar refractivity (Wildman–Crippen MR) is 116 cm³/mol. The lowest BCUT2D eigenvalue weighted by Gasteiger charge is -2.30. The summed E-state index contributed by atoms with van der Waals surface area (Å²) in [6.45, 7) is 1.48. The van der Waals surface area contributed by atoms with Crippen LogP contribution in [-0.4, -0.2) is 56.2 Å². The topological polar surface area (TPSA) is 107 Å². The van der Waals surface area contributed by atoms with E-state index in [0.717, 1.165) is 62.8 Å². The third kappa shape index (κ3) is 4.51. The van der Waals surface area contributed by atoms with Crippen LogP contribution in [0.25, 0.3) is 16.9 Å². The highest BCUT2D eigenvalue weighted by Crippen LogP contribution is 2.27. The molecule has 2 N–H and O–H groups in total. The second-order valence-electron chi connectivity index (χ2n) is 8.32. The van der Waals surface area contributed by atoms with Gasteiger partial charge in [0.1, 0.15) is 5.52 Å². The van der Waals surface area contributed by atoms with Gasteiger partial charge in [-0.2, -0.15) is 9.67 Å². The first-order valence-corrected chi connectivity index (χ1v) is 11.0. The maximum absolute atomic E-state index is 12.6. The zero-order valence-corrected chi connectivity index (χ0v) is 17.4. The van der Waals surface area contributed by atoms with Crippen LogP contribution < -0.4 is 10.6 Å². The van der Waals surface area contributed by atoms with E-state index in [0.29, 0.717) is 11.8 Å². The first-order chi connectivity index (χ1) is 15.3. The Balaban J connectivity index is 1.18. The SMILES string of the molecule is O=C(NC1CCOCC1)[C@H]1CC[C@H](Nc2nccc(-n3nnc4ccccc43)n2)CC1. The van der Waals surface area contributed by atoms with Gasteiger partial charge in [-0.15, -0.1) is 5.10 Å². The van der Waals surface area contributed by atoms with Gasteiger partial charge in [0.05, 0.1) is 5.52 Å². The number of amides is 1. The van der Waals surface area contributed by atoms with E-state index in [1.165, 1.54) is 0 Å². The molecule has 0 bridgehead atoms. The Morgan fingerprint density at radius 3 is 2.65 bits per heavy atom. The smallest absolute Gasteiger partial charge is 0.224 e. The maximum atomic E-state index is 12.6. The lowest BCUT2D eigenvalue weighted by atomic mass is 9.85. The number of hydrogen-bond donors (Lipinski definition) is 2. The van der Waals surface area contributed by atoms with Crippen LogP contribution in [0.2, 0.25) is 0 Å². The van der Waals surface area contributed by atoms with Gasteiger partial charge in [0.15, 0.2) is 5.82 Å². The minimum atomic E-state index is 0.0923. The summed E-state index contributed by atoms with van der Waals surface area (Å²) in [5.41, 5.74) is 1.73. The van der Waals surface area contributed by atoms with Crippen molar-refractivity contribution in [1.82, 2.24) is 30.3 Å². The van der Waals surface area contributed by atoms with E-state index >= 15 is 0 Å². The van der Waals surface area contributed by atoms with Crippen LogP contribution in [0.5, 0.6) is 0 Å². The van der Waals surface area contributed by atoms with Gasteiger partial charge in [0.25, 0.3) is 0 Å². The van der Waals surface area contributed by atoms with Crippen molar-refractivity contribution in [1.29, 1.82) is 0 Å². The number of carbonyl (C=O) groups is 1. The zero-order valence-electron chi connectivity index (χ0n) is 17.4. The average Bonchev–Trinajstić information content (AvgIpc) is 3.25. The Kier molecular flexibility index (Phi) is 5.75. The molecular formula is C22H27N7O2. The second-order valence-corrected chi connectivity index (χ2v) is 8.32. The summed E-state index contributed by atoms with van der Waals surface area (Å²) < 4.78 is 7.09. The molecule has 0 radical (unpaired) electrons. The summed E-state index contributed by atoms with van der Waals surface area (Å²) in [5, 5.41) is 15.1. The molecule has 1 saturated carbocycles. The molecule has 1 aromatic carbocycles. The maximum Gasteiger partial charge on any atom is 0.224 e. The molecule has 5 rings (SSSR count). The standard InChI is InChI=1S/C22H27N7O2/c30-21(24-17-10-13-31-14-11-17)15-5-7-16(8-6-15)25-22-23-12-9-20(26-22)29-19-4-2-1-3-18(19)27-28-29/h1-4,9,12,15-17H,5-8,10-11,13-14H2,(H,24,30)(H,23,25,26)/t15-,16-. The van der Waals surface area contributed by atoms with Crippen molar-refractivity contribution >= 4 is 22.9 Å². The molecule has 1 saturated heterocycles. The monoisotopic (exact) mass is 421 g/mol. The summed E-state index contributed by atoms with van der Waals surface area (Å²) in [4.78, 5) is 21.6. The Hall–Kier alpha value is -3.07. The van der Waals surface area contributed by atoms with E-state index in [9.17, 15) is 4.79 Å². The molecule has 2 aliphatic rings. The molecule has 0 unspecified atom stereocenters. The quantitative estimate of drug-likeness (QED) is 0.652. The van der Waals surface area contributed by atoms with Crippen molar-refractivity contribution in [2.75, 3.05) is 18.5 Å². The predicted octanol–water partition coefficient (Wildman–Crippen LogP) is 2.48. The van der Waals surface area contributed by atoms with Gasteiger partial charge < -0.3 is 15.4 Å². The van der Waals surface area contributed by atoms with Gasteiger partial charge in [0.2, 0.25) is 11.9 Å². The highest BCUT2D eigenvalue weighted by Gasteiger charge is 2.28. The average molecular weight is 422 g/mol. The number of benzene rings is 1. The number of para-hydroxylation sites is 1. The van der Waals surface area contributed by atoms with Crippen LogP contribution in [0.15, 0.2) is 36.5 Å². The molecule has 31 heavy (non-hydrogen) atoms. The summed E-state index contributed by atoms with van der Waals surface area (Å²) in [6.07, 6.45) is 7.15. The Labute approximate surface area is 180 Å². The van der Waals surface area contributed by atoms with Crippen LogP contribution >= 0.6 is 0 Å². The highest BCUT2D eigenvalue weighted by molar-refractivity contribution is 5.79. The first kappa shape index (κ1) is 19.9. The lowest BCUT2D eigenvalue weighted by molar-refractivity contribution is -0.127. The number of ether oxygens (including phenoxy) is 1. The van der Waals surface area contributed by atoms with E-state index < -0.39 is 0 Å². The number of aromatic nitrogens is 5. The molecule has 2 fully saturated rings. The molecule has 3 aromatic rings. The molecule has 1 aliphatic heterocycles. The van der Waals surface area contributed by atoms with E-state index in [4.69, 9.17) is 4.74 Å². The van der Waals surface area contributed by atoms with Crippen molar-refractivity contribution in [2.24, 2.45) is 5.92 Å². The Morgan fingerprint density at radius 1 is 1.00 bits per heavy atom. The fourth-order valence-electron chi connectivity index (χ4n) is 4.42. The van der Waals surface area contributed by atoms with E-state index in [-0.39, 0.29) is 23.9 Å². The molecule has 1 aliphatic carbocycles. The summed E-state index contributed by atoms with van der Waals surface area (Å²) in [6, 6.07) is 10.1. The van der Waals surface area contributed by atoms with Crippen molar-refractivity contribution < 1.29 is 9.53 Å². The number of rotatable bonds is 5. The Bertz CT molecular complexity index is 1040. The number of fused-ring (bicyclic) bond motifs is 1. The van der Waals surface area contributed by atoms with Crippen LogP contribution in [0.4, 0.5) is 5.95 Å².